The number of H-pyrrole nitrogens is 1. The van der Waals surface area contributed by atoms with Crippen molar-refractivity contribution in [2.24, 2.45) is 0 Å². The molecule has 2 amide bonds. The van der Waals surface area contributed by atoms with E-state index in [0.717, 1.165) is 5.13 Å². The third-order valence-electron chi connectivity index (χ3n) is 5.12. The number of aromatic nitrogens is 3. The molecular formula is C21H22N6O4S2. The van der Waals surface area contributed by atoms with E-state index in [2.05, 4.69) is 32.3 Å². The number of carbonyl (C=O) groups excluding carboxylic acids is 2. The third kappa shape index (κ3) is 4.72. The van der Waals surface area contributed by atoms with Crippen molar-refractivity contribution >= 4 is 51.4 Å². The Morgan fingerprint density at radius 1 is 1.30 bits per heavy atom. The first-order chi connectivity index (χ1) is 15.9. The lowest BCUT2D eigenvalue weighted by Gasteiger charge is -2.25. The van der Waals surface area contributed by atoms with Crippen molar-refractivity contribution in [2.75, 3.05) is 31.2 Å². The zero-order valence-electron chi connectivity index (χ0n) is 17.8. The number of thiazole rings is 1. The van der Waals surface area contributed by atoms with Gasteiger partial charge in [-0.3, -0.25) is 29.8 Å². The minimum Gasteiger partial charge on any atom is -0.378 e. The average molecular weight is 487 g/mol. The number of benzene rings is 1. The third-order valence-corrected chi connectivity index (χ3v) is 6.66. The van der Waals surface area contributed by atoms with Crippen molar-refractivity contribution in [1.82, 2.24) is 25.4 Å². The Bertz CT molecular complexity index is 1350. The maximum Gasteiger partial charge on any atom is 0.281 e. The number of nitrogens with one attached hydrogen (secondary N) is 3. The fourth-order valence-electron chi connectivity index (χ4n) is 3.42. The van der Waals surface area contributed by atoms with Gasteiger partial charge in [-0.2, -0.15) is 0 Å². The molecule has 2 aromatic heterocycles. The molecule has 0 unspecified atom stereocenters. The largest absolute Gasteiger partial charge is 0.378 e. The molecule has 0 radical (unpaired) electrons. The van der Waals surface area contributed by atoms with Crippen LogP contribution in [0.2, 0.25) is 0 Å². The number of hydrogen-bond acceptors (Lipinski definition) is 8. The number of aromatic amines is 1. The molecule has 172 valence electrons. The van der Waals surface area contributed by atoms with Gasteiger partial charge in [0.05, 0.1) is 29.8 Å². The predicted molar refractivity (Wildman–Crippen MR) is 128 cm³/mol. The Labute approximate surface area is 197 Å². The van der Waals surface area contributed by atoms with Crippen LogP contribution in [0.15, 0.2) is 35.6 Å². The molecule has 4 rings (SSSR count). The number of morpholine rings is 1. The molecule has 0 atom stereocenters. The number of aryl methyl sites for hydroxylation is 1. The van der Waals surface area contributed by atoms with Gasteiger partial charge in [0.15, 0.2) is 9.90 Å². The monoisotopic (exact) mass is 486 g/mol. The van der Waals surface area contributed by atoms with Crippen LogP contribution in [-0.2, 0) is 11.3 Å². The van der Waals surface area contributed by atoms with Crippen LogP contribution in [0.5, 0.6) is 0 Å². The number of amides is 2. The number of anilines is 1. The summed E-state index contributed by atoms with van der Waals surface area (Å²) in [5.74, 6) is -0.985. The number of hydrogen-bond donors (Lipinski definition) is 3. The number of fused-ring (bicyclic) bond motifs is 1. The van der Waals surface area contributed by atoms with E-state index in [9.17, 15) is 14.4 Å². The Morgan fingerprint density at radius 3 is 2.76 bits per heavy atom. The van der Waals surface area contributed by atoms with Crippen molar-refractivity contribution in [3.8, 4) is 0 Å². The van der Waals surface area contributed by atoms with Crippen molar-refractivity contribution in [3.63, 3.8) is 0 Å². The second-order valence-electron chi connectivity index (χ2n) is 7.31. The highest BCUT2D eigenvalue weighted by Crippen LogP contribution is 2.26. The van der Waals surface area contributed by atoms with Crippen LogP contribution in [0, 0.1) is 11.7 Å². The number of ether oxygens (including phenoxy) is 1. The number of allylic oxidation sites excluding steroid dienone is 1. The number of hydrazine groups is 1. The highest BCUT2D eigenvalue weighted by molar-refractivity contribution is 7.71. The molecule has 33 heavy (non-hydrogen) atoms. The maximum atomic E-state index is 12.6. The molecule has 0 bridgehead atoms. The minimum atomic E-state index is -0.532. The summed E-state index contributed by atoms with van der Waals surface area (Å²) >= 11 is 6.50. The van der Waals surface area contributed by atoms with Crippen LogP contribution in [0.4, 0.5) is 5.13 Å². The standard InChI is InChI=1S/C21H22N6O4S2/c1-3-6-27-19(30)14-5-4-13(11-15(14)23-20(27)32)17(28)24-25-18(29)16-12(2)22-21(33-16)26-7-9-31-10-8-26/h3-5,11H,1,6-10H2,2H3,(H,23,32)(H,24,28)(H,25,29). The zero-order valence-corrected chi connectivity index (χ0v) is 19.5. The van der Waals surface area contributed by atoms with E-state index >= 15 is 0 Å². The molecule has 10 nitrogen and oxygen atoms in total. The van der Waals surface area contributed by atoms with Crippen molar-refractivity contribution in [2.45, 2.75) is 13.5 Å². The summed E-state index contributed by atoms with van der Waals surface area (Å²) < 4.78 is 6.96. The Hall–Kier alpha value is -3.35. The maximum absolute atomic E-state index is 12.6. The van der Waals surface area contributed by atoms with Crippen molar-refractivity contribution in [1.29, 1.82) is 0 Å². The molecule has 0 spiro atoms. The number of rotatable bonds is 5. The molecule has 1 aliphatic heterocycles. The zero-order chi connectivity index (χ0) is 23.5. The second-order valence-corrected chi connectivity index (χ2v) is 8.68. The molecule has 3 aromatic rings. The summed E-state index contributed by atoms with van der Waals surface area (Å²) in [6.45, 7) is 8.33. The molecule has 0 saturated carbocycles. The van der Waals surface area contributed by atoms with Gasteiger partial charge >= 0.3 is 0 Å². The van der Waals surface area contributed by atoms with Crippen LogP contribution >= 0.6 is 23.6 Å². The van der Waals surface area contributed by atoms with Gasteiger partial charge in [0.2, 0.25) is 0 Å². The quantitative estimate of drug-likeness (QED) is 0.286. The smallest absolute Gasteiger partial charge is 0.281 e. The molecule has 1 saturated heterocycles. The van der Waals surface area contributed by atoms with E-state index in [1.165, 1.54) is 28.0 Å². The van der Waals surface area contributed by atoms with E-state index in [4.69, 9.17) is 17.0 Å². The molecule has 1 aliphatic rings. The lowest BCUT2D eigenvalue weighted by atomic mass is 10.1. The Balaban J connectivity index is 1.47. The van der Waals surface area contributed by atoms with Crippen LogP contribution in [0.3, 0.4) is 0 Å². The van der Waals surface area contributed by atoms with Gasteiger partial charge in [-0.05, 0) is 37.3 Å². The lowest BCUT2D eigenvalue weighted by molar-refractivity contribution is 0.0848. The molecule has 12 heteroatoms. The van der Waals surface area contributed by atoms with E-state index in [0.29, 0.717) is 47.8 Å². The molecular weight excluding hydrogens is 464 g/mol. The topological polar surface area (TPSA) is 121 Å². The van der Waals surface area contributed by atoms with Gasteiger partial charge in [-0.25, -0.2) is 4.98 Å². The lowest BCUT2D eigenvalue weighted by Crippen LogP contribution is -2.41. The molecule has 0 aliphatic carbocycles. The second kappa shape index (κ2) is 9.65. The number of carbonyl (C=O) groups is 2. The summed E-state index contributed by atoms with van der Waals surface area (Å²) in [6, 6.07) is 4.57. The highest BCUT2D eigenvalue weighted by Gasteiger charge is 2.21. The first-order valence-electron chi connectivity index (χ1n) is 10.2. The van der Waals surface area contributed by atoms with Crippen LogP contribution in [-0.4, -0.2) is 52.7 Å². The van der Waals surface area contributed by atoms with E-state index < -0.39 is 11.8 Å². The average Bonchev–Trinajstić information content (AvgIpc) is 3.22. The SMILES string of the molecule is C=CCn1c(=S)[nH]c2cc(C(=O)NNC(=O)c3sc(N4CCOCC4)nc3C)ccc2c1=O. The Morgan fingerprint density at radius 2 is 2.03 bits per heavy atom. The van der Waals surface area contributed by atoms with Gasteiger partial charge in [0, 0.05) is 25.2 Å². The molecule has 3 N–H and O–H groups in total. The first-order valence-corrected chi connectivity index (χ1v) is 11.4. The number of nitrogens with zero attached hydrogens (tertiary/aromatic N) is 3. The van der Waals surface area contributed by atoms with Gasteiger partial charge in [-0.15, -0.1) is 6.58 Å². The van der Waals surface area contributed by atoms with Crippen LogP contribution < -0.4 is 21.3 Å². The van der Waals surface area contributed by atoms with Crippen molar-refractivity contribution in [3.05, 3.63) is 62.1 Å². The van der Waals surface area contributed by atoms with Gasteiger partial charge in [0.1, 0.15) is 4.88 Å². The van der Waals surface area contributed by atoms with E-state index in [1.54, 1.807) is 19.1 Å². The van der Waals surface area contributed by atoms with Crippen molar-refractivity contribution < 1.29 is 14.3 Å². The highest BCUT2D eigenvalue weighted by atomic mass is 32.1. The van der Waals surface area contributed by atoms with Gasteiger partial charge in [0.25, 0.3) is 17.4 Å². The molecule has 1 fully saturated rings. The summed E-state index contributed by atoms with van der Waals surface area (Å²) in [4.78, 5) is 47.7. The van der Waals surface area contributed by atoms with Crippen LogP contribution in [0.1, 0.15) is 25.7 Å². The molecule has 1 aromatic carbocycles. The fraction of sp³-hybridized carbons (Fsp3) is 0.286. The van der Waals surface area contributed by atoms with E-state index in [1.807, 2.05) is 0 Å². The summed E-state index contributed by atoms with van der Waals surface area (Å²) in [7, 11) is 0. The summed E-state index contributed by atoms with van der Waals surface area (Å²) in [5.41, 5.74) is 5.84. The van der Waals surface area contributed by atoms with Crippen LogP contribution in [0.25, 0.3) is 10.9 Å². The normalized spacial score (nSPS) is 13.7. The van der Waals surface area contributed by atoms with E-state index in [-0.39, 0.29) is 22.4 Å². The first kappa shape index (κ1) is 22.8. The molecule has 3 heterocycles. The fourth-order valence-corrected chi connectivity index (χ4v) is 4.70. The Kier molecular flexibility index (Phi) is 6.67. The van der Waals surface area contributed by atoms with Gasteiger partial charge in [-0.1, -0.05) is 17.4 Å². The predicted octanol–water partition coefficient (Wildman–Crippen LogP) is 1.92. The minimum absolute atomic E-state index is 0.231. The summed E-state index contributed by atoms with van der Waals surface area (Å²) in [5, 5.41) is 1.14. The van der Waals surface area contributed by atoms with Gasteiger partial charge < -0.3 is 14.6 Å². The summed E-state index contributed by atoms with van der Waals surface area (Å²) in [6.07, 6.45) is 1.58.